The Labute approximate surface area is 115 Å². The predicted octanol–water partition coefficient (Wildman–Crippen LogP) is 2.53. The van der Waals surface area contributed by atoms with Crippen LogP contribution in [-0.4, -0.2) is 22.9 Å². The maximum Gasteiger partial charge on any atom is 0.157 e. The van der Waals surface area contributed by atoms with E-state index in [1.165, 1.54) is 5.56 Å². The molecular weight excluding hydrogens is 294 g/mol. The summed E-state index contributed by atoms with van der Waals surface area (Å²) in [7, 11) is 1.63. The van der Waals surface area contributed by atoms with Gasteiger partial charge in [-0.3, -0.25) is 0 Å². The standard InChI is InChI=1S/C13H16BrN3O/c1-9(15)5-10-3-4-11(14)6-13(10)17-8-12(18-2)7-16-17/h3-4,6-9H,5,15H2,1-2H3. The molecule has 2 rings (SSSR count). The number of methoxy groups -OCH3 is 1. The Morgan fingerprint density at radius 3 is 2.89 bits per heavy atom. The van der Waals surface area contributed by atoms with Crippen molar-refractivity contribution in [1.29, 1.82) is 0 Å². The molecule has 0 bridgehead atoms. The summed E-state index contributed by atoms with van der Waals surface area (Å²) in [5, 5.41) is 4.30. The maximum absolute atomic E-state index is 5.87. The molecule has 0 radical (unpaired) electrons. The first kappa shape index (κ1) is 13.1. The van der Waals surface area contributed by atoms with Crippen LogP contribution in [0, 0.1) is 0 Å². The lowest BCUT2D eigenvalue weighted by Crippen LogP contribution is -2.19. The van der Waals surface area contributed by atoms with Gasteiger partial charge in [-0.25, -0.2) is 4.68 Å². The zero-order valence-electron chi connectivity index (χ0n) is 10.4. The minimum Gasteiger partial charge on any atom is -0.493 e. The first-order valence-electron chi connectivity index (χ1n) is 5.73. The van der Waals surface area contributed by atoms with E-state index >= 15 is 0 Å². The van der Waals surface area contributed by atoms with E-state index in [1.807, 2.05) is 25.3 Å². The molecule has 5 heteroatoms. The van der Waals surface area contributed by atoms with Gasteiger partial charge in [0.15, 0.2) is 5.75 Å². The van der Waals surface area contributed by atoms with Gasteiger partial charge in [0.1, 0.15) is 0 Å². The maximum atomic E-state index is 5.87. The van der Waals surface area contributed by atoms with Gasteiger partial charge < -0.3 is 10.5 Å². The van der Waals surface area contributed by atoms with E-state index in [2.05, 4.69) is 27.1 Å². The number of benzene rings is 1. The molecule has 0 aliphatic carbocycles. The largest absolute Gasteiger partial charge is 0.493 e. The number of nitrogens with zero attached hydrogens (tertiary/aromatic N) is 2. The summed E-state index contributed by atoms with van der Waals surface area (Å²) in [5.41, 5.74) is 8.06. The number of nitrogens with two attached hydrogens (primary N) is 1. The monoisotopic (exact) mass is 309 g/mol. The fourth-order valence-electron chi connectivity index (χ4n) is 1.81. The number of halogens is 1. The first-order valence-corrected chi connectivity index (χ1v) is 6.52. The van der Waals surface area contributed by atoms with Gasteiger partial charge in [0.2, 0.25) is 0 Å². The van der Waals surface area contributed by atoms with Crippen molar-refractivity contribution in [3.63, 3.8) is 0 Å². The number of hydrogen-bond acceptors (Lipinski definition) is 3. The second-order valence-electron chi connectivity index (χ2n) is 4.28. The fourth-order valence-corrected chi connectivity index (χ4v) is 2.16. The van der Waals surface area contributed by atoms with Crippen LogP contribution in [-0.2, 0) is 6.42 Å². The van der Waals surface area contributed by atoms with E-state index in [0.717, 1.165) is 22.3 Å². The summed E-state index contributed by atoms with van der Waals surface area (Å²) in [6.07, 6.45) is 4.35. The van der Waals surface area contributed by atoms with Gasteiger partial charge in [-0.05, 0) is 31.0 Å². The third-order valence-electron chi connectivity index (χ3n) is 2.63. The van der Waals surface area contributed by atoms with E-state index in [0.29, 0.717) is 0 Å². The molecule has 96 valence electrons. The molecule has 0 fully saturated rings. The molecule has 18 heavy (non-hydrogen) atoms. The van der Waals surface area contributed by atoms with Crippen molar-refractivity contribution in [2.75, 3.05) is 7.11 Å². The van der Waals surface area contributed by atoms with E-state index in [9.17, 15) is 0 Å². The van der Waals surface area contributed by atoms with Crippen LogP contribution in [0.15, 0.2) is 35.1 Å². The van der Waals surface area contributed by atoms with Crippen molar-refractivity contribution in [2.24, 2.45) is 5.73 Å². The van der Waals surface area contributed by atoms with Crippen LogP contribution in [0.2, 0.25) is 0 Å². The van der Waals surface area contributed by atoms with Crippen molar-refractivity contribution in [3.8, 4) is 11.4 Å². The average Bonchev–Trinajstić information content (AvgIpc) is 2.79. The summed E-state index contributed by atoms with van der Waals surface area (Å²) in [5.74, 6) is 0.738. The summed E-state index contributed by atoms with van der Waals surface area (Å²) in [4.78, 5) is 0. The Kier molecular flexibility index (Phi) is 4.04. The van der Waals surface area contributed by atoms with E-state index in [-0.39, 0.29) is 6.04 Å². The topological polar surface area (TPSA) is 53.1 Å². The number of hydrogen-bond donors (Lipinski definition) is 1. The Morgan fingerprint density at radius 1 is 1.50 bits per heavy atom. The van der Waals surface area contributed by atoms with Crippen molar-refractivity contribution < 1.29 is 4.74 Å². The molecule has 2 aromatic rings. The molecule has 1 heterocycles. The van der Waals surface area contributed by atoms with Crippen LogP contribution in [0.25, 0.3) is 5.69 Å². The molecule has 0 saturated carbocycles. The predicted molar refractivity (Wildman–Crippen MR) is 75.2 cm³/mol. The van der Waals surface area contributed by atoms with Crippen molar-refractivity contribution >= 4 is 15.9 Å². The summed E-state index contributed by atoms with van der Waals surface area (Å²) in [6.45, 7) is 2.00. The number of ether oxygens (including phenoxy) is 1. The van der Waals surface area contributed by atoms with E-state index < -0.39 is 0 Å². The Balaban J connectivity index is 2.43. The molecule has 4 nitrogen and oxygen atoms in total. The summed E-state index contributed by atoms with van der Waals surface area (Å²) >= 11 is 3.48. The normalized spacial score (nSPS) is 12.4. The van der Waals surface area contributed by atoms with Crippen LogP contribution in [0.5, 0.6) is 5.75 Å². The van der Waals surface area contributed by atoms with Gasteiger partial charge >= 0.3 is 0 Å². The Hall–Kier alpha value is -1.33. The number of aromatic nitrogens is 2. The molecular formula is C13H16BrN3O. The molecule has 0 spiro atoms. The minimum atomic E-state index is 0.113. The molecule has 0 amide bonds. The molecule has 0 aliphatic heterocycles. The van der Waals surface area contributed by atoms with E-state index in [1.54, 1.807) is 18.0 Å². The highest BCUT2D eigenvalue weighted by molar-refractivity contribution is 9.10. The zero-order chi connectivity index (χ0) is 13.1. The Morgan fingerprint density at radius 2 is 2.28 bits per heavy atom. The first-order chi connectivity index (χ1) is 8.60. The second kappa shape index (κ2) is 5.54. The molecule has 0 saturated heterocycles. The van der Waals surface area contributed by atoms with Gasteiger partial charge in [-0.2, -0.15) is 5.10 Å². The lowest BCUT2D eigenvalue weighted by Gasteiger charge is -2.12. The molecule has 1 aromatic heterocycles. The van der Waals surface area contributed by atoms with Crippen molar-refractivity contribution in [1.82, 2.24) is 9.78 Å². The van der Waals surface area contributed by atoms with E-state index in [4.69, 9.17) is 10.5 Å². The number of rotatable bonds is 4. The molecule has 1 unspecified atom stereocenters. The Bertz CT molecular complexity index is 537. The van der Waals surface area contributed by atoms with Crippen molar-refractivity contribution in [2.45, 2.75) is 19.4 Å². The third kappa shape index (κ3) is 2.91. The minimum absolute atomic E-state index is 0.113. The van der Waals surface area contributed by atoms with Crippen LogP contribution in [0.4, 0.5) is 0 Å². The highest BCUT2D eigenvalue weighted by Crippen LogP contribution is 2.22. The smallest absolute Gasteiger partial charge is 0.157 e. The van der Waals surface area contributed by atoms with Gasteiger partial charge in [-0.15, -0.1) is 0 Å². The summed E-state index contributed by atoms with van der Waals surface area (Å²) < 4.78 is 7.97. The van der Waals surface area contributed by atoms with Crippen LogP contribution in [0.1, 0.15) is 12.5 Å². The SMILES string of the molecule is COc1cnn(-c2cc(Br)ccc2CC(C)N)c1. The highest BCUT2D eigenvalue weighted by atomic mass is 79.9. The van der Waals surface area contributed by atoms with Crippen LogP contribution < -0.4 is 10.5 Å². The van der Waals surface area contributed by atoms with Gasteiger partial charge in [-0.1, -0.05) is 22.0 Å². The molecule has 1 atom stereocenters. The second-order valence-corrected chi connectivity index (χ2v) is 5.19. The summed E-state index contributed by atoms with van der Waals surface area (Å²) in [6, 6.07) is 6.23. The van der Waals surface area contributed by atoms with Gasteiger partial charge in [0, 0.05) is 10.5 Å². The quantitative estimate of drug-likeness (QED) is 0.944. The molecule has 0 aliphatic rings. The molecule has 2 N–H and O–H groups in total. The zero-order valence-corrected chi connectivity index (χ0v) is 12.0. The van der Waals surface area contributed by atoms with Crippen LogP contribution >= 0.6 is 15.9 Å². The van der Waals surface area contributed by atoms with Gasteiger partial charge in [0.25, 0.3) is 0 Å². The van der Waals surface area contributed by atoms with Gasteiger partial charge in [0.05, 0.1) is 25.2 Å². The fraction of sp³-hybridized carbons (Fsp3) is 0.308. The molecule has 1 aromatic carbocycles. The third-order valence-corrected chi connectivity index (χ3v) is 3.12. The lowest BCUT2D eigenvalue weighted by atomic mass is 10.1. The van der Waals surface area contributed by atoms with Crippen molar-refractivity contribution in [3.05, 3.63) is 40.6 Å². The lowest BCUT2D eigenvalue weighted by molar-refractivity contribution is 0.414. The average molecular weight is 310 g/mol. The van der Waals surface area contributed by atoms with Crippen LogP contribution in [0.3, 0.4) is 0 Å². The highest BCUT2D eigenvalue weighted by Gasteiger charge is 2.09.